The number of aromatic nitrogens is 1. The summed E-state index contributed by atoms with van der Waals surface area (Å²) in [7, 11) is 0. The normalized spacial score (nSPS) is 12.1. The van der Waals surface area contributed by atoms with Crippen LogP contribution < -0.4 is 10.1 Å². The van der Waals surface area contributed by atoms with Gasteiger partial charge in [-0.1, -0.05) is 24.3 Å². The van der Waals surface area contributed by atoms with E-state index >= 15 is 0 Å². The van der Waals surface area contributed by atoms with Crippen molar-refractivity contribution in [2.24, 2.45) is 0 Å². The Kier molecular flexibility index (Phi) is 4.93. The standard InChI is InChI=1S/C16H20N2O/c1-3-19-16-10-5-4-9-15(16)13(2)18-12-14-8-6-7-11-17-14/h4-11,13,18H,3,12H2,1-2H3. The van der Waals surface area contributed by atoms with Crippen molar-refractivity contribution < 1.29 is 4.74 Å². The number of rotatable bonds is 6. The van der Waals surface area contributed by atoms with Gasteiger partial charge in [-0.2, -0.15) is 0 Å². The molecule has 1 atom stereocenters. The lowest BCUT2D eigenvalue weighted by molar-refractivity contribution is 0.332. The van der Waals surface area contributed by atoms with Gasteiger partial charge in [0.05, 0.1) is 12.3 Å². The third-order valence-corrected chi connectivity index (χ3v) is 3.00. The van der Waals surface area contributed by atoms with Gasteiger partial charge in [-0.05, 0) is 32.0 Å². The molecular weight excluding hydrogens is 236 g/mol. The van der Waals surface area contributed by atoms with Crippen molar-refractivity contribution in [3.8, 4) is 5.75 Å². The van der Waals surface area contributed by atoms with Crippen molar-refractivity contribution in [2.45, 2.75) is 26.4 Å². The molecule has 0 aliphatic rings. The predicted octanol–water partition coefficient (Wildman–Crippen LogP) is 3.33. The summed E-state index contributed by atoms with van der Waals surface area (Å²) in [6, 6.07) is 14.3. The smallest absolute Gasteiger partial charge is 0.124 e. The highest BCUT2D eigenvalue weighted by atomic mass is 16.5. The van der Waals surface area contributed by atoms with E-state index in [4.69, 9.17) is 4.74 Å². The number of pyridine rings is 1. The van der Waals surface area contributed by atoms with Crippen LogP contribution in [-0.2, 0) is 6.54 Å². The monoisotopic (exact) mass is 256 g/mol. The minimum Gasteiger partial charge on any atom is -0.494 e. The summed E-state index contributed by atoms with van der Waals surface area (Å²) < 4.78 is 5.65. The van der Waals surface area contributed by atoms with Crippen LogP contribution in [0.15, 0.2) is 48.7 Å². The summed E-state index contributed by atoms with van der Waals surface area (Å²) in [4.78, 5) is 4.31. The molecule has 1 aromatic carbocycles. The molecule has 1 heterocycles. The second-order valence-electron chi connectivity index (χ2n) is 4.39. The van der Waals surface area contributed by atoms with Gasteiger partial charge < -0.3 is 10.1 Å². The molecule has 0 saturated carbocycles. The second kappa shape index (κ2) is 6.90. The number of benzene rings is 1. The van der Waals surface area contributed by atoms with Crippen LogP contribution in [0.4, 0.5) is 0 Å². The predicted molar refractivity (Wildman–Crippen MR) is 77.1 cm³/mol. The van der Waals surface area contributed by atoms with Gasteiger partial charge in [-0.15, -0.1) is 0 Å². The van der Waals surface area contributed by atoms with Crippen LogP contribution in [0.1, 0.15) is 31.1 Å². The van der Waals surface area contributed by atoms with Gasteiger partial charge in [0.2, 0.25) is 0 Å². The van der Waals surface area contributed by atoms with Gasteiger partial charge in [0.15, 0.2) is 0 Å². The second-order valence-corrected chi connectivity index (χ2v) is 4.39. The van der Waals surface area contributed by atoms with Crippen LogP contribution in [0.3, 0.4) is 0 Å². The molecule has 19 heavy (non-hydrogen) atoms. The number of nitrogens with zero attached hydrogens (tertiary/aromatic N) is 1. The van der Waals surface area contributed by atoms with E-state index in [2.05, 4.69) is 23.3 Å². The summed E-state index contributed by atoms with van der Waals surface area (Å²) in [6.07, 6.45) is 1.82. The number of hydrogen-bond acceptors (Lipinski definition) is 3. The zero-order valence-corrected chi connectivity index (χ0v) is 11.5. The average molecular weight is 256 g/mol. The fourth-order valence-electron chi connectivity index (χ4n) is 2.00. The number of hydrogen-bond donors (Lipinski definition) is 1. The quantitative estimate of drug-likeness (QED) is 0.860. The van der Waals surface area contributed by atoms with Crippen LogP contribution in [0.2, 0.25) is 0 Å². The molecular formula is C16H20N2O. The van der Waals surface area contributed by atoms with Gasteiger partial charge >= 0.3 is 0 Å². The first-order valence-corrected chi connectivity index (χ1v) is 6.66. The van der Waals surface area contributed by atoms with E-state index in [1.165, 1.54) is 5.56 Å². The van der Waals surface area contributed by atoms with E-state index in [9.17, 15) is 0 Å². The molecule has 0 fully saturated rings. The van der Waals surface area contributed by atoms with E-state index < -0.39 is 0 Å². The van der Waals surface area contributed by atoms with E-state index in [0.29, 0.717) is 6.61 Å². The fourth-order valence-corrected chi connectivity index (χ4v) is 2.00. The summed E-state index contributed by atoms with van der Waals surface area (Å²) >= 11 is 0. The first kappa shape index (κ1) is 13.6. The molecule has 0 saturated heterocycles. The SMILES string of the molecule is CCOc1ccccc1C(C)NCc1ccccn1. The molecule has 3 heteroatoms. The van der Waals surface area contributed by atoms with E-state index in [1.807, 2.05) is 49.5 Å². The first-order valence-electron chi connectivity index (χ1n) is 6.66. The third kappa shape index (κ3) is 3.80. The Hall–Kier alpha value is -1.87. The first-order chi connectivity index (χ1) is 9.31. The van der Waals surface area contributed by atoms with E-state index in [-0.39, 0.29) is 6.04 Å². The summed E-state index contributed by atoms with van der Waals surface area (Å²) in [5.41, 5.74) is 2.23. The van der Waals surface area contributed by atoms with Crippen molar-refractivity contribution in [1.29, 1.82) is 0 Å². The average Bonchev–Trinajstić information content (AvgIpc) is 2.47. The summed E-state index contributed by atoms with van der Waals surface area (Å²) in [6.45, 7) is 5.58. The molecule has 3 nitrogen and oxygen atoms in total. The summed E-state index contributed by atoms with van der Waals surface area (Å²) in [5.74, 6) is 0.950. The molecule has 1 unspecified atom stereocenters. The van der Waals surface area contributed by atoms with Crippen LogP contribution in [0.25, 0.3) is 0 Å². The topological polar surface area (TPSA) is 34.1 Å². The van der Waals surface area contributed by atoms with Crippen LogP contribution in [-0.4, -0.2) is 11.6 Å². The van der Waals surface area contributed by atoms with Gasteiger partial charge in [-0.3, -0.25) is 4.98 Å². The highest BCUT2D eigenvalue weighted by Crippen LogP contribution is 2.24. The molecule has 0 amide bonds. The zero-order chi connectivity index (χ0) is 13.5. The van der Waals surface area contributed by atoms with Gasteiger partial charge in [0.25, 0.3) is 0 Å². The lowest BCUT2D eigenvalue weighted by atomic mass is 10.1. The molecule has 0 spiro atoms. The van der Waals surface area contributed by atoms with Crippen LogP contribution in [0.5, 0.6) is 5.75 Å². The minimum atomic E-state index is 0.227. The molecule has 2 aromatic rings. The molecule has 2 rings (SSSR count). The Labute approximate surface area is 114 Å². The number of ether oxygens (including phenoxy) is 1. The highest BCUT2D eigenvalue weighted by Gasteiger charge is 2.10. The maximum absolute atomic E-state index is 5.65. The van der Waals surface area contributed by atoms with Gasteiger partial charge in [0.1, 0.15) is 5.75 Å². The van der Waals surface area contributed by atoms with Crippen molar-refractivity contribution in [3.63, 3.8) is 0 Å². The van der Waals surface area contributed by atoms with Crippen molar-refractivity contribution >= 4 is 0 Å². The number of nitrogens with one attached hydrogen (secondary N) is 1. The Morgan fingerprint density at radius 3 is 2.68 bits per heavy atom. The molecule has 100 valence electrons. The van der Waals surface area contributed by atoms with E-state index in [1.54, 1.807) is 0 Å². The Bertz CT molecular complexity index is 499. The molecule has 0 aliphatic carbocycles. The lowest BCUT2D eigenvalue weighted by Gasteiger charge is -2.17. The highest BCUT2D eigenvalue weighted by molar-refractivity contribution is 5.35. The molecule has 0 bridgehead atoms. The van der Waals surface area contributed by atoms with E-state index in [0.717, 1.165) is 18.0 Å². The van der Waals surface area contributed by atoms with Gasteiger partial charge in [0, 0.05) is 24.3 Å². The van der Waals surface area contributed by atoms with Crippen LogP contribution in [0, 0.1) is 0 Å². The molecule has 0 radical (unpaired) electrons. The largest absolute Gasteiger partial charge is 0.494 e. The van der Waals surface area contributed by atoms with Crippen molar-refractivity contribution in [2.75, 3.05) is 6.61 Å². The molecule has 0 aliphatic heterocycles. The summed E-state index contributed by atoms with van der Waals surface area (Å²) in [5, 5.41) is 3.47. The number of para-hydroxylation sites is 1. The maximum atomic E-state index is 5.65. The molecule has 1 N–H and O–H groups in total. The Balaban J connectivity index is 2.01. The Morgan fingerprint density at radius 1 is 1.16 bits per heavy atom. The van der Waals surface area contributed by atoms with Gasteiger partial charge in [-0.25, -0.2) is 0 Å². The van der Waals surface area contributed by atoms with Crippen molar-refractivity contribution in [1.82, 2.24) is 10.3 Å². The third-order valence-electron chi connectivity index (χ3n) is 3.00. The zero-order valence-electron chi connectivity index (χ0n) is 11.5. The lowest BCUT2D eigenvalue weighted by Crippen LogP contribution is -2.19. The fraction of sp³-hybridized carbons (Fsp3) is 0.312. The van der Waals surface area contributed by atoms with Crippen LogP contribution >= 0.6 is 0 Å². The maximum Gasteiger partial charge on any atom is 0.124 e. The molecule has 1 aromatic heterocycles. The Morgan fingerprint density at radius 2 is 1.95 bits per heavy atom. The minimum absolute atomic E-state index is 0.227. The van der Waals surface area contributed by atoms with Crippen molar-refractivity contribution in [3.05, 3.63) is 59.9 Å².